The SMILES string of the molecule is C([CH-]c1ccccc1)=C(c1ccccc1)c1ccccc1.[K+]. The van der Waals surface area contributed by atoms with Crippen molar-refractivity contribution in [1.29, 1.82) is 0 Å². The monoisotopic (exact) mass is 308 g/mol. The Bertz CT molecular complexity index is 659. The van der Waals surface area contributed by atoms with E-state index in [9.17, 15) is 0 Å². The summed E-state index contributed by atoms with van der Waals surface area (Å²) in [6, 6.07) is 31.4. The maximum Gasteiger partial charge on any atom is 1.00 e. The molecule has 3 aromatic carbocycles. The Hall–Kier alpha value is -1.09. The number of rotatable bonds is 4. The zero-order chi connectivity index (χ0) is 14.3. The van der Waals surface area contributed by atoms with Crippen LogP contribution in [0.25, 0.3) is 5.57 Å². The quantitative estimate of drug-likeness (QED) is 0.513. The minimum atomic E-state index is 0. The normalized spacial score (nSPS) is 9.45. The maximum atomic E-state index is 2.19. The van der Waals surface area contributed by atoms with Crippen molar-refractivity contribution in [3.8, 4) is 0 Å². The predicted octanol–water partition coefficient (Wildman–Crippen LogP) is 2.37. The minimum Gasteiger partial charge on any atom is -0.148 e. The first-order valence-electron chi connectivity index (χ1n) is 7.14. The van der Waals surface area contributed by atoms with E-state index in [1.54, 1.807) is 0 Å². The van der Waals surface area contributed by atoms with Crippen molar-refractivity contribution < 1.29 is 51.4 Å². The molecule has 0 nitrogen and oxygen atoms in total. The molecule has 0 aliphatic rings. The third-order valence-corrected chi connectivity index (χ3v) is 3.41. The summed E-state index contributed by atoms with van der Waals surface area (Å²) < 4.78 is 0. The Labute approximate surface area is 175 Å². The molecule has 0 radical (unpaired) electrons. The average Bonchev–Trinajstić information content (AvgIpc) is 2.58. The summed E-state index contributed by atoms with van der Waals surface area (Å²) in [6.07, 6.45) is 4.36. The molecule has 0 fully saturated rings. The number of hydrogen-bond acceptors (Lipinski definition) is 0. The van der Waals surface area contributed by atoms with Crippen LogP contribution in [0.15, 0.2) is 97.1 Å². The first-order valence-corrected chi connectivity index (χ1v) is 7.14. The smallest absolute Gasteiger partial charge is 0.148 e. The third kappa shape index (κ3) is 4.70. The van der Waals surface area contributed by atoms with Crippen molar-refractivity contribution in [3.05, 3.63) is 120 Å². The van der Waals surface area contributed by atoms with E-state index in [1.807, 2.05) is 18.2 Å². The van der Waals surface area contributed by atoms with Crippen LogP contribution >= 0.6 is 0 Å². The second kappa shape index (κ2) is 9.14. The van der Waals surface area contributed by atoms with Crippen LogP contribution in [-0.4, -0.2) is 0 Å². The van der Waals surface area contributed by atoms with Crippen LogP contribution in [0.3, 0.4) is 0 Å². The van der Waals surface area contributed by atoms with E-state index in [-0.39, 0.29) is 51.4 Å². The van der Waals surface area contributed by atoms with Crippen molar-refractivity contribution in [3.63, 3.8) is 0 Å². The van der Waals surface area contributed by atoms with Gasteiger partial charge in [-0.25, -0.2) is 0 Å². The van der Waals surface area contributed by atoms with E-state index in [1.165, 1.54) is 22.3 Å². The van der Waals surface area contributed by atoms with Gasteiger partial charge in [0.1, 0.15) is 0 Å². The fourth-order valence-electron chi connectivity index (χ4n) is 2.34. The molecule has 3 aromatic rings. The summed E-state index contributed by atoms with van der Waals surface area (Å²) in [4.78, 5) is 0. The Kier molecular flexibility index (Phi) is 7.17. The molecule has 0 aromatic heterocycles. The van der Waals surface area contributed by atoms with E-state index in [4.69, 9.17) is 0 Å². The minimum absolute atomic E-state index is 0. The van der Waals surface area contributed by atoms with Gasteiger partial charge in [-0.2, -0.15) is 0 Å². The summed E-state index contributed by atoms with van der Waals surface area (Å²) in [5.41, 5.74) is 4.91. The number of hydrogen-bond donors (Lipinski definition) is 0. The molecule has 102 valence electrons. The van der Waals surface area contributed by atoms with E-state index in [0.717, 1.165) is 0 Å². The van der Waals surface area contributed by atoms with Gasteiger partial charge < -0.3 is 0 Å². The number of benzene rings is 3. The van der Waals surface area contributed by atoms with Crippen molar-refractivity contribution in [2.75, 3.05) is 0 Å². The summed E-state index contributed by atoms with van der Waals surface area (Å²) in [7, 11) is 0. The molecule has 3 rings (SSSR count). The Balaban J connectivity index is 0.00000176. The second-order valence-electron chi connectivity index (χ2n) is 4.89. The Morgan fingerprint density at radius 3 is 1.45 bits per heavy atom. The van der Waals surface area contributed by atoms with Crippen LogP contribution in [0.4, 0.5) is 0 Å². The molecule has 0 atom stereocenters. The van der Waals surface area contributed by atoms with Gasteiger partial charge in [0.05, 0.1) is 0 Å². The predicted molar refractivity (Wildman–Crippen MR) is 89.8 cm³/mol. The van der Waals surface area contributed by atoms with Crippen LogP contribution in [0.5, 0.6) is 0 Å². The standard InChI is InChI=1S/C21H17.K/c1-4-10-18(11-5-1)16-17-21(19-12-6-2-7-13-19)20-14-8-3-9-15-20;/h1-17H;/q-1;+1. The molecular formula is C21H17K. The molecule has 0 amide bonds. The van der Waals surface area contributed by atoms with E-state index in [2.05, 4.69) is 85.3 Å². The molecule has 0 aliphatic heterocycles. The largest absolute Gasteiger partial charge is 1.00 e. The van der Waals surface area contributed by atoms with Crippen LogP contribution in [0, 0.1) is 6.42 Å². The summed E-state index contributed by atoms with van der Waals surface area (Å²) >= 11 is 0. The van der Waals surface area contributed by atoms with Gasteiger partial charge in [0.2, 0.25) is 0 Å². The zero-order valence-corrected chi connectivity index (χ0v) is 15.9. The van der Waals surface area contributed by atoms with Crippen LogP contribution < -0.4 is 51.4 Å². The Morgan fingerprint density at radius 1 is 0.591 bits per heavy atom. The fraction of sp³-hybridized carbons (Fsp3) is 0. The van der Waals surface area contributed by atoms with Gasteiger partial charge in [-0.1, -0.05) is 83.4 Å². The molecule has 0 heterocycles. The summed E-state index contributed by atoms with van der Waals surface area (Å²) in [6.45, 7) is 0. The molecule has 0 saturated heterocycles. The van der Waals surface area contributed by atoms with Crippen LogP contribution in [-0.2, 0) is 0 Å². The molecule has 0 N–H and O–H groups in total. The van der Waals surface area contributed by atoms with Crippen molar-refractivity contribution >= 4 is 5.57 Å². The fourth-order valence-corrected chi connectivity index (χ4v) is 2.34. The molecular weight excluding hydrogens is 291 g/mol. The molecule has 0 bridgehead atoms. The summed E-state index contributed by atoms with van der Waals surface area (Å²) in [5, 5.41) is 0. The molecule has 0 unspecified atom stereocenters. The van der Waals surface area contributed by atoms with Gasteiger partial charge in [-0.3, -0.25) is 0 Å². The maximum absolute atomic E-state index is 2.19. The second-order valence-corrected chi connectivity index (χ2v) is 4.89. The zero-order valence-electron chi connectivity index (χ0n) is 12.8. The van der Waals surface area contributed by atoms with Crippen molar-refractivity contribution in [1.82, 2.24) is 0 Å². The first-order chi connectivity index (χ1) is 10.4. The molecule has 1 heteroatoms. The van der Waals surface area contributed by atoms with Gasteiger partial charge >= 0.3 is 51.4 Å². The van der Waals surface area contributed by atoms with E-state index >= 15 is 0 Å². The van der Waals surface area contributed by atoms with Gasteiger partial charge in [0, 0.05) is 0 Å². The average molecular weight is 308 g/mol. The van der Waals surface area contributed by atoms with Crippen LogP contribution in [0.2, 0.25) is 0 Å². The van der Waals surface area contributed by atoms with Crippen LogP contribution in [0.1, 0.15) is 16.7 Å². The topological polar surface area (TPSA) is 0 Å². The third-order valence-electron chi connectivity index (χ3n) is 3.41. The first kappa shape index (κ1) is 17.3. The Morgan fingerprint density at radius 2 is 1.00 bits per heavy atom. The van der Waals surface area contributed by atoms with Gasteiger partial charge in [0.15, 0.2) is 0 Å². The van der Waals surface area contributed by atoms with Gasteiger partial charge in [-0.05, 0) is 0 Å². The number of allylic oxidation sites excluding steroid dienone is 1. The molecule has 0 spiro atoms. The van der Waals surface area contributed by atoms with E-state index < -0.39 is 0 Å². The molecule has 0 saturated carbocycles. The van der Waals surface area contributed by atoms with Crippen molar-refractivity contribution in [2.24, 2.45) is 0 Å². The van der Waals surface area contributed by atoms with Gasteiger partial charge in [0.25, 0.3) is 0 Å². The molecule has 0 aliphatic carbocycles. The van der Waals surface area contributed by atoms with Crippen molar-refractivity contribution in [2.45, 2.75) is 0 Å². The summed E-state index contributed by atoms with van der Waals surface area (Å²) in [5.74, 6) is 0. The van der Waals surface area contributed by atoms with Gasteiger partial charge in [-0.15, -0.1) is 42.3 Å². The van der Waals surface area contributed by atoms with E-state index in [0.29, 0.717) is 0 Å². The molecule has 22 heavy (non-hydrogen) atoms.